The Morgan fingerprint density at radius 3 is 2.33 bits per heavy atom. The van der Waals surface area contributed by atoms with Crippen LogP contribution in [0.1, 0.15) is 31.0 Å². The van der Waals surface area contributed by atoms with Gasteiger partial charge in [0.2, 0.25) is 0 Å². The summed E-state index contributed by atoms with van der Waals surface area (Å²) in [5.41, 5.74) is 1.21. The molecule has 2 aromatic carbocycles. The average Bonchev–Trinajstić information content (AvgIpc) is 2.43. The molecule has 0 aliphatic carbocycles. The predicted molar refractivity (Wildman–Crippen MR) is 79.5 cm³/mol. The zero-order valence-electron chi connectivity index (χ0n) is 12.4. The number of para-hydroxylation sites is 1. The van der Waals surface area contributed by atoms with Crippen LogP contribution in [0, 0.1) is 11.6 Å². The molecule has 1 unspecified atom stereocenters. The van der Waals surface area contributed by atoms with E-state index in [1.807, 2.05) is 38.1 Å². The summed E-state index contributed by atoms with van der Waals surface area (Å²) in [7, 11) is 1.74. The fourth-order valence-corrected chi connectivity index (χ4v) is 2.29. The van der Waals surface area contributed by atoms with E-state index in [-0.39, 0.29) is 6.10 Å². The minimum absolute atomic E-state index is 0.0155. The molecule has 2 aromatic rings. The lowest BCUT2D eigenvalue weighted by Gasteiger charge is -2.22. The monoisotopic (exact) mass is 291 g/mol. The second-order valence-corrected chi connectivity index (χ2v) is 5.09. The first kappa shape index (κ1) is 15.4. The van der Waals surface area contributed by atoms with Gasteiger partial charge in [0.05, 0.1) is 12.1 Å². The largest absolute Gasteiger partial charge is 0.491 e. The van der Waals surface area contributed by atoms with Crippen LogP contribution in [0.4, 0.5) is 8.78 Å². The highest BCUT2D eigenvalue weighted by Crippen LogP contribution is 2.31. The molecule has 112 valence electrons. The van der Waals surface area contributed by atoms with Crippen molar-refractivity contribution < 1.29 is 13.5 Å². The van der Waals surface area contributed by atoms with E-state index in [9.17, 15) is 8.78 Å². The molecular formula is C17H19F2NO. The Labute approximate surface area is 123 Å². The van der Waals surface area contributed by atoms with E-state index in [0.717, 1.165) is 11.6 Å². The molecule has 2 nitrogen and oxygen atoms in total. The van der Waals surface area contributed by atoms with Crippen molar-refractivity contribution >= 4 is 0 Å². The van der Waals surface area contributed by atoms with Gasteiger partial charge in [-0.05, 0) is 33.0 Å². The topological polar surface area (TPSA) is 21.3 Å². The summed E-state index contributed by atoms with van der Waals surface area (Å²) < 4.78 is 32.9. The first-order valence-electron chi connectivity index (χ1n) is 6.90. The van der Waals surface area contributed by atoms with E-state index in [2.05, 4.69) is 5.32 Å². The van der Waals surface area contributed by atoms with Gasteiger partial charge >= 0.3 is 0 Å². The van der Waals surface area contributed by atoms with E-state index in [1.165, 1.54) is 12.1 Å². The number of nitrogens with one attached hydrogen (secondary N) is 1. The van der Waals surface area contributed by atoms with Crippen LogP contribution in [0.15, 0.2) is 42.5 Å². The van der Waals surface area contributed by atoms with Gasteiger partial charge in [-0.15, -0.1) is 0 Å². The minimum atomic E-state index is -0.585. The van der Waals surface area contributed by atoms with Gasteiger partial charge < -0.3 is 10.1 Å². The van der Waals surface area contributed by atoms with Crippen LogP contribution in [0.2, 0.25) is 0 Å². The van der Waals surface area contributed by atoms with Crippen LogP contribution in [0.5, 0.6) is 5.75 Å². The molecule has 0 amide bonds. The molecule has 0 saturated carbocycles. The van der Waals surface area contributed by atoms with Crippen molar-refractivity contribution in [2.45, 2.75) is 26.0 Å². The summed E-state index contributed by atoms with van der Waals surface area (Å²) in [6.07, 6.45) is 0.0155. The quantitative estimate of drug-likeness (QED) is 0.897. The van der Waals surface area contributed by atoms with Crippen LogP contribution in [-0.4, -0.2) is 13.2 Å². The molecule has 2 rings (SSSR count). The van der Waals surface area contributed by atoms with Gasteiger partial charge in [-0.25, -0.2) is 8.78 Å². The molecule has 21 heavy (non-hydrogen) atoms. The van der Waals surface area contributed by atoms with Crippen molar-refractivity contribution in [3.63, 3.8) is 0 Å². The summed E-state index contributed by atoms with van der Waals surface area (Å²) in [5.74, 6) is -0.470. The lowest BCUT2D eigenvalue weighted by Crippen LogP contribution is -2.20. The molecular weight excluding hydrogens is 272 g/mol. The summed E-state index contributed by atoms with van der Waals surface area (Å²) in [6.45, 7) is 3.87. The third-order valence-electron chi connectivity index (χ3n) is 3.15. The van der Waals surface area contributed by atoms with Crippen molar-refractivity contribution in [1.29, 1.82) is 0 Å². The molecule has 0 saturated heterocycles. The van der Waals surface area contributed by atoms with E-state index in [1.54, 1.807) is 7.05 Å². The zero-order valence-corrected chi connectivity index (χ0v) is 12.4. The molecule has 0 spiro atoms. The van der Waals surface area contributed by atoms with Crippen molar-refractivity contribution in [3.05, 3.63) is 65.2 Å². The Bertz CT molecular complexity index is 613. The lowest BCUT2D eigenvalue weighted by atomic mass is 9.97. The van der Waals surface area contributed by atoms with E-state index in [4.69, 9.17) is 4.74 Å². The highest BCUT2D eigenvalue weighted by atomic mass is 19.1. The molecule has 1 N–H and O–H groups in total. The zero-order chi connectivity index (χ0) is 15.4. The first-order valence-corrected chi connectivity index (χ1v) is 6.90. The van der Waals surface area contributed by atoms with Crippen LogP contribution < -0.4 is 10.1 Å². The van der Waals surface area contributed by atoms with Crippen LogP contribution in [0.3, 0.4) is 0 Å². The summed E-state index contributed by atoms with van der Waals surface area (Å²) in [4.78, 5) is 0. The summed E-state index contributed by atoms with van der Waals surface area (Å²) in [6, 6.07) is 10.7. The maximum Gasteiger partial charge on any atom is 0.131 e. The van der Waals surface area contributed by atoms with Gasteiger partial charge in [-0.1, -0.05) is 24.3 Å². The molecule has 0 aliphatic rings. The Kier molecular flexibility index (Phi) is 4.91. The van der Waals surface area contributed by atoms with Gasteiger partial charge in [0.15, 0.2) is 0 Å². The van der Waals surface area contributed by atoms with Crippen LogP contribution in [0.25, 0.3) is 0 Å². The van der Waals surface area contributed by atoms with Crippen molar-refractivity contribution in [2.24, 2.45) is 0 Å². The smallest absolute Gasteiger partial charge is 0.131 e. The fourth-order valence-electron chi connectivity index (χ4n) is 2.29. The average molecular weight is 291 g/mol. The third-order valence-corrected chi connectivity index (χ3v) is 3.15. The SMILES string of the molecule is CNC(c1ccc(F)cc1F)c1ccccc1OC(C)C. The molecule has 1 atom stereocenters. The summed E-state index contributed by atoms with van der Waals surface area (Å²) >= 11 is 0. The third kappa shape index (κ3) is 3.58. The highest BCUT2D eigenvalue weighted by molar-refractivity contribution is 5.42. The van der Waals surface area contributed by atoms with Gasteiger partial charge in [0.25, 0.3) is 0 Å². The normalized spacial score (nSPS) is 12.5. The Morgan fingerprint density at radius 1 is 1.00 bits per heavy atom. The molecule has 0 radical (unpaired) electrons. The van der Waals surface area contributed by atoms with Crippen LogP contribution in [-0.2, 0) is 0 Å². The second-order valence-electron chi connectivity index (χ2n) is 5.09. The van der Waals surface area contributed by atoms with E-state index < -0.39 is 17.7 Å². The number of hydrogen-bond donors (Lipinski definition) is 1. The summed E-state index contributed by atoms with van der Waals surface area (Å²) in [5, 5.41) is 3.07. The van der Waals surface area contributed by atoms with Crippen molar-refractivity contribution in [3.8, 4) is 5.75 Å². The molecule has 0 aromatic heterocycles. The van der Waals surface area contributed by atoms with Crippen LogP contribution >= 0.6 is 0 Å². The van der Waals surface area contributed by atoms with Gasteiger partial charge in [0, 0.05) is 17.2 Å². The van der Waals surface area contributed by atoms with E-state index in [0.29, 0.717) is 11.3 Å². The Balaban J connectivity index is 2.46. The fraction of sp³-hybridized carbons (Fsp3) is 0.294. The number of hydrogen-bond acceptors (Lipinski definition) is 2. The predicted octanol–water partition coefficient (Wildman–Crippen LogP) is 4.06. The highest BCUT2D eigenvalue weighted by Gasteiger charge is 2.20. The van der Waals surface area contributed by atoms with Gasteiger partial charge in [-0.3, -0.25) is 0 Å². The molecule has 4 heteroatoms. The van der Waals surface area contributed by atoms with Crippen molar-refractivity contribution in [2.75, 3.05) is 7.05 Å². The minimum Gasteiger partial charge on any atom is -0.491 e. The van der Waals surface area contributed by atoms with Crippen molar-refractivity contribution in [1.82, 2.24) is 5.32 Å². The molecule has 0 bridgehead atoms. The Hall–Kier alpha value is -1.94. The number of benzene rings is 2. The standard InChI is InChI=1S/C17H19F2NO/c1-11(2)21-16-7-5-4-6-14(16)17(20-3)13-9-8-12(18)10-15(13)19/h4-11,17,20H,1-3H3. The first-order chi connectivity index (χ1) is 10.0. The van der Waals surface area contributed by atoms with E-state index >= 15 is 0 Å². The maximum absolute atomic E-state index is 14.0. The lowest BCUT2D eigenvalue weighted by molar-refractivity contribution is 0.238. The maximum atomic E-state index is 14.0. The number of ether oxygens (including phenoxy) is 1. The number of rotatable bonds is 5. The second kappa shape index (κ2) is 6.68. The van der Waals surface area contributed by atoms with Gasteiger partial charge in [0.1, 0.15) is 17.4 Å². The molecule has 0 heterocycles. The molecule has 0 fully saturated rings. The molecule has 0 aliphatic heterocycles. The number of halogens is 2. The Morgan fingerprint density at radius 2 is 1.71 bits per heavy atom. The van der Waals surface area contributed by atoms with Gasteiger partial charge in [-0.2, -0.15) is 0 Å².